The van der Waals surface area contributed by atoms with Gasteiger partial charge in [-0.05, 0) is 73.6 Å². The molecular formula is C23H23ClFNO3. The number of carbonyl (C=O) groups is 1. The fourth-order valence-corrected chi connectivity index (χ4v) is 4.80. The van der Waals surface area contributed by atoms with E-state index in [0.29, 0.717) is 12.8 Å². The molecule has 1 aliphatic carbocycles. The quantitative estimate of drug-likeness (QED) is 0.531. The molecule has 0 unspecified atom stereocenters. The first kappa shape index (κ1) is 19.8. The van der Waals surface area contributed by atoms with E-state index in [1.807, 2.05) is 6.07 Å². The predicted molar refractivity (Wildman–Crippen MR) is 112 cm³/mol. The van der Waals surface area contributed by atoms with Crippen LogP contribution >= 0.6 is 11.6 Å². The highest BCUT2D eigenvalue weighted by atomic mass is 35.5. The molecule has 6 heteroatoms. The van der Waals surface area contributed by atoms with Crippen LogP contribution in [0.1, 0.15) is 56.7 Å². The summed E-state index contributed by atoms with van der Waals surface area (Å²) >= 11 is 6.06. The Balaban J connectivity index is 1.98. The van der Waals surface area contributed by atoms with Crippen LogP contribution in [0.5, 0.6) is 5.75 Å². The number of phenols is 1. The lowest BCUT2D eigenvalue weighted by Gasteiger charge is -2.42. The van der Waals surface area contributed by atoms with E-state index in [1.54, 1.807) is 31.2 Å². The molecule has 1 saturated carbocycles. The van der Waals surface area contributed by atoms with Crippen molar-refractivity contribution in [3.05, 3.63) is 58.5 Å². The minimum atomic E-state index is -0.781. The van der Waals surface area contributed by atoms with Gasteiger partial charge in [-0.3, -0.25) is 4.79 Å². The third-order valence-electron chi connectivity index (χ3n) is 6.05. The lowest BCUT2D eigenvalue weighted by atomic mass is 9.60. The van der Waals surface area contributed by atoms with Crippen molar-refractivity contribution in [3.8, 4) is 11.4 Å². The molecule has 0 spiro atoms. The molecular weight excluding hydrogens is 393 g/mol. The van der Waals surface area contributed by atoms with Crippen molar-refractivity contribution in [2.24, 2.45) is 5.41 Å². The van der Waals surface area contributed by atoms with Crippen LogP contribution in [0.3, 0.4) is 0 Å². The molecule has 4 nitrogen and oxygen atoms in total. The van der Waals surface area contributed by atoms with Gasteiger partial charge < -0.3 is 14.8 Å². The van der Waals surface area contributed by atoms with Crippen molar-refractivity contribution < 1.29 is 19.4 Å². The molecule has 152 valence electrons. The molecule has 0 saturated heterocycles. The molecule has 0 aliphatic heterocycles. The van der Waals surface area contributed by atoms with Gasteiger partial charge in [-0.1, -0.05) is 25.4 Å². The Morgan fingerprint density at radius 1 is 1.24 bits per heavy atom. The summed E-state index contributed by atoms with van der Waals surface area (Å²) in [6.45, 7) is 5.93. The number of aliphatic carboxylic acids is 1. The lowest BCUT2D eigenvalue weighted by Crippen LogP contribution is -2.40. The van der Waals surface area contributed by atoms with E-state index in [4.69, 9.17) is 11.6 Å². The van der Waals surface area contributed by atoms with E-state index in [-0.39, 0.29) is 22.6 Å². The van der Waals surface area contributed by atoms with E-state index in [2.05, 4.69) is 18.4 Å². The number of hydrogen-bond acceptors (Lipinski definition) is 2. The number of aromatic nitrogens is 1. The summed E-state index contributed by atoms with van der Waals surface area (Å²) in [6.07, 6.45) is 1.09. The molecule has 1 aromatic heterocycles. The molecule has 3 aromatic rings. The van der Waals surface area contributed by atoms with E-state index in [0.717, 1.165) is 27.8 Å². The summed E-state index contributed by atoms with van der Waals surface area (Å²) in [7, 11) is 0. The number of carboxylic acid groups (broad SMARTS) is 1. The standard InChI is InChI=1S/C23H23ClFNO3/c1-12(2)21-20(13-10-23(3,11-13)22(28)29)16-9-15(27)5-7-19(16)26(21)14-4-6-18(25)17(24)8-14/h4-9,12-13,27H,10-11H2,1-3H3,(H,28,29)/t13-,23-. The Morgan fingerprint density at radius 3 is 2.52 bits per heavy atom. The van der Waals surface area contributed by atoms with Crippen LogP contribution in [0.25, 0.3) is 16.6 Å². The predicted octanol–water partition coefficient (Wildman–Crippen LogP) is 6.22. The number of halogens is 2. The maximum absolute atomic E-state index is 13.8. The van der Waals surface area contributed by atoms with E-state index in [1.165, 1.54) is 6.07 Å². The summed E-state index contributed by atoms with van der Waals surface area (Å²) in [4.78, 5) is 11.6. The van der Waals surface area contributed by atoms with E-state index >= 15 is 0 Å². The fraction of sp³-hybridized carbons (Fsp3) is 0.348. The maximum Gasteiger partial charge on any atom is 0.309 e. The van der Waals surface area contributed by atoms with Crippen LogP contribution in [0.15, 0.2) is 36.4 Å². The number of fused-ring (bicyclic) bond motifs is 1. The number of aromatic hydroxyl groups is 1. The summed E-state index contributed by atoms with van der Waals surface area (Å²) in [5.41, 5.74) is 2.98. The van der Waals surface area contributed by atoms with Gasteiger partial charge in [0.25, 0.3) is 0 Å². The van der Waals surface area contributed by atoms with Gasteiger partial charge in [-0.25, -0.2) is 4.39 Å². The zero-order valence-corrected chi connectivity index (χ0v) is 17.3. The minimum absolute atomic E-state index is 0.0430. The molecule has 0 radical (unpaired) electrons. The minimum Gasteiger partial charge on any atom is -0.508 e. The van der Waals surface area contributed by atoms with Crippen LogP contribution in [-0.2, 0) is 4.79 Å². The Kier molecular flexibility index (Phi) is 4.61. The monoisotopic (exact) mass is 415 g/mol. The zero-order chi connectivity index (χ0) is 21.1. The third-order valence-corrected chi connectivity index (χ3v) is 6.34. The SMILES string of the molecule is CC(C)c1c([C@H]2C[C@](C)(C(=O)O)C2)c2cc(O)ccc2n1-c1ccc(F)c(Cl)c1. The first-order valence-corrected chi connectivity index (χ1v) is 10.1. The largest absolute Gasteiger partial charge is 0.508 e. The summed E-state index contributed by atoms with van der Waals surface area (Å²) in [5.74, 6) is -0.900. The summed E-state index contributed by atoms with van der Waals surface area (Å²) in [5, 5.41) is 20.6. The molecule has 0 atom stereocenters. The van der Waals surface area contributed by atoms with Gasteiger partial charge in [0.2, 0.25) is 0 Å². The molecule has 1 aliphatic rings. The number of benzene rings is 2. The first-order valence-electron chi connectivity index (χ1n) is 9.68. The second kappa shape index (κ2) is 6.77. The molecule has 29 heavy (non-hydrogen) atoms. The average molecular weight is 416 g/mol. The van der Waals surface area contributed by atoms with Crippen molar-refractivity contribution >= 4 is 28.5 Å². The normalized spacial score (nSPS) is 21.5. The molecule has 0 bridgehead atoms. The van der Waals surface area contributed by atoms with Gasteiger partial charge in [0, 0.05) is 16.8 Å². The third kappa shape index (κ3) is 3.08. The number of carboxylic acids is 1. The van der Waals surface area contributed by atoms with Crippen LogP contribution in [0, 0.1) is 11.2 Å². The van der Waals surface area contributed by atoms with Gasteiger partial charge in [0.1, 0.15) is 11.6 Å². The molecule has 1 heterocycles. The molecule has 2 N–H and O–H groups in total. The van der Waals surface area contributed by atoms with Crippen molar-refractivity contribution in [3.63, 3.8) is 0 Å². The van der Waals surface area contributed by atoms with Gasteiger partial charge in [0.15, 0.2) is 0 Å². The van der Waals surface area contributed by atoms with Gasteiger partial charge in [-0.15, -0.1) is 0 Å². The van der Waals surface area contributed by atoms with Crippen molar-refractivity contribution in [2.45, 2.75) is 45.4 Å². The molecule has 4 rings (SSSR count). The summed E-state index contributed by atoms with van der Waals surface area (Å²) in [6, 6.07) is 9.83. The second-order valence-corrected chi connectivity index (χ2v) is 8.97. The van der Waals surface area contributed by atoms with Crippen LogP contribution in [0.4, 0.5) is 4.39 Å². The lowest BCUT2D eigenvalue weighted by molar-refractivity contribution is -0.154. The Bertz CT molecular complexity index is 1130. The number of rotatable bonds is 4. The van der Waals surface area contributed by atoms with Gasteiger partial charge in [-0.2, -0.15) is 0 Å². The number of phenolic OH excluding ortho intramolecular Hbond substituents is 1. The Morgan fingerprint density at radius 2 is 1.93 bits per heavy atom. The zero-order valence-electron chi connectivity index (χ0n) is 16.5. The van der Waals surface area contributed by atoms with Crippen LogP contribution in [0.2, 0.25) is 5.02 Å². The van der Waals surface area contributed by atoms with Crippen LogP contribution < -0.4 is 0 Å². The number of nitrogens with zero attached hydrogens (tertiary/aromatic N) is 1. The highest BCUT2D eigenvalue weighted by Gasteiger charge is 2.48. The highest BCUT2D eigenvalue weighted by Crippen LogP contribution is 2.55. The first-order chi connectivity index (χ1) is 13.6. The Labute approximate surface area is 173 Å². The van der Waals surface area contributed by atoms with Crippen LogP contribution in [-0.4, -0.2) is 20.7 Å². The maximum atomic E-state index is 13.8. The smallest absolute Gasteiger partial charge is 0.309 e. The summed E-state index contributed by atoms with van der Waals surface area (Å²) < 4.78 is 15.8. The van der Waals surface area contributed by atoms with Gasteiger partial charge >= 0.3 is 5.97 Å². The fourth-order valence-electron chi connectivity index (χ4n) is 4.63. The van der Waals surface area contributed by atoms with Crippen molar-refractivity contribution in [2.75, 3.05) is 0 Å². The van der Waals surface area contributed by atoms with E-state index in [9.17, 15) is 19.4 Å². The topological polar surface area (TPSA) is 62.5 Å². The number of hydrogen-bond donors (Lipinski definition) is 2. The molecule has 0 amide bonds. The van der Waals surface area contributed by atoms with Crippen molar-refractivity contribution in [1.82, 2.24) is 4.57 Å². The van der Waals surface area contributed by atoms with Crippen molar-refractivity contribution in [1.29, 1.82) is 0 Å². The van der Waals surface area contributed by atoms with Gasteiger partial charge in [0.05, 0.1) is 16.0 Å². The molecule has 2 aromatic carbocycles. The Hall–Kier alpha value is -2.53. The molecule has 1 fully saturated rings. The average Bonchev–Trinajstić information content (AvgIpc) is 2.95. The second-order valence-electron chi connectivity index (χ2n) is 8.56. The highest BCUT2D eigenvalue weighted by molar-refractivity contribution is 6.30. The van der Waals surface area contributed by atoms with E-state index < -0.39 is 17.2 Å².